The van der Waals surface area contributed by atoms with Crippen LogP contribution in [-0.4, -0.2) is 9.97 Å². The third-order valence-electron chi connectivity index (χ3n) is 1.98. The molecule has 5 nitrogen and oxygen atoms in total. The Morgan fingerprint density at radius 1 is 1.24 bits per heavy atom. The second-order valence-corrected chi connectivity index (χ2v) is 4.41. The van der Waals surface area contributed by atoms with Crippen molar-refractivity contribution >= 4 is 40.0 Å². The lowest BCUT2D eigenvalue weighted by molar-refractivity contribution is 0.619. The van der Waals surface area contributed by atoms with Crippen LogP contribution < -0.4 is 16.6 Å². The normalized spacial score (nSPS) is 10.1. The lowest BCUT2D eigenvalue weighted by atomic mass is 10.3. The molecule has 0 aliphatic heterocycles. The van der Waals surface area contributed by atoms with Gasteiger partial charge in [0, 0.05) is 9.26 Å². The first-order valence-electron chi connectivity index (χ1n) is 4.71. The molecule has 0 fully saturated rings. The van der Waals surface area contributed by atoms with Crippen LogP contribution in [-0.2, 0) is 0 Å². The number of aromatic nitrogens is 2. The lowest BCUT2D eigenvalue weighted by Crippen LogP contribution is -2.11. The van der Waals surface area contributed by atoms with Gasteiger partial charge in [0.2, 0.25) is 5.95 Å². The first-order valence-corrected chi connectivity index (χ1v) is 5.78. The van der Waals surface area contributed by atoms with Crippen LogP contribution in [0.15, 0.2) is 30.5 Å². The van der Waals surface area contributed by atoms with Crippen LogP contribution in [0.25, 0.3) is 0 Å². The fraction of sp³-hybridized carbons (Fsp3) is 0. The average molecular weight is 345 g/mol. The van der Waals surface area contributed by atoms with Gasteiger partial charge >= 0.3 is 0 Å². The molecule has 0 aliphatic carbocycles. The van der Waals surface area contributed by atoms with Crippen molar-refractivity contribution in [2.45, 2.75) is 0 Å². The Labute approximate surface area is 111 Å². The summed E-state index contributed by atoms with van der Waals surface area (Å²) in [5.41, 5.74) is 3.00. The number of nitrogens with two attached hydrogens (primary N) is 1. The Balaban J connectivity index is 2.25. The SMILES string of the molecule is NNc1ncc(F)c(Nc2ccc(I)cc2)n1. The van der Waals surface area contributed by atoms with Gasteiger partial charge in [-0.15, -0.1) is 0 Å². The number of rotatable bonds is 3. The molecule has 1 heterocycles. The molecule has 0 bridgehead atoms. The van der Waals surface area contributed by atoms with E-state index in [0.717, 1.165) is 15.5 Å². The predicted molar refractivity (Wildman–Crippen MR) is 72.2 cm³/mol. The minimum Gasteiger partial charge on any atom is -0.338 e. The number of nitrogen functional groups attached to an aromatic ring is 1. The fourth-order valence-electron chi connectivity index (χ4n) is 1.19. The maximum atomic E-state index is 13.4. The number of anilines is 3. The van der Waals surface area contributed by atoms with Crippen LogP contribution in [0.3, 0.4) is 0 Å². The Bertz CT molecular complexity index is 517. The summed E-state index contributed by atoms with van der Waals surface area (Å²) in [5.74, 6) is 4.85. The van der Waals surface area contributed by atoms with E-state index < -0.39 is 5.82 Å². The molecule has 0 unspecified atom stereocenters. The van der Waals surface area contributed by atoms with Gasteiger partial charge in [-0.3, -0.25) is 5.43 Å². The van der Waals surface area contributed by atoms with Crippen LogP contribution in [0.5, 0.6) is 0 Å². The molecule has 4 N–H and O–H groups in total. The van der Waals surface area contributed by atoms with Gasteiger partial charge in [-0.25, -0.2) is 15.2 Å². The molecule has 2 aromatic rings. The molecule has 2 rings (SSSR count). The molecule has 7 heteroatoms. The van der Waals surface area contributed by atoms with E-state index in [1.807, 2.05) is 24.3 Å². The van der Waals surface area contributed by atoms with Gasteiger partial charge in [-0.1, -0.05) is 0 Å². The Morgan fingerprint density at radius 2 is 1.94 bits per heavy atom. The van der Waals surface area contributed by atoms with E-state index in [0.29, 0.717) is 0 Å². The van der Waals surface area contributed by atoms with Crippen molar-refractivity contribution < 1.29 is 4.39 Å². The van der Waals surface area contributed by atoms with Crippen LogP contribution in [0.2, 0.25) is 0 Å². The fourth-order valence-corrected chi connectivity index (χ4v) is 1.55. The van der Waals surface area contributed by atoms with E-state index in [1.165, 1.54) is 0 Å². The zero-order valence-corrected chi connectivity index (χ0v) is 10.8. The van der Waals surface area contributed by atoms with Gasteiger partial charge < -0.3 is 5.32 Å². The molecule has 1 aromatic heterocycles. The summed E-state index contributed by atoms with van der Waals surface area (Å²) >= 11 is 2.19. The molecule has 17 heavy (non-hydrogen) atoms. The standard InChI is InChI=1S/C10H9FIN5/c11-8-5-14-10(17-13)16-9(8)15-7-3-1-6(12)2-4-7/h1-5H,13H2,(H2,14,15,16,17). The number of nitrogens with one attached hydrogen (secondary N) is 2. The minimum absolute atomic E-state index is 0.0779. The molecule has 0 saturated carbocycles. The molecule has 0 aliphatic rings. The van der Waals surface area contributed by atoms with Gasteiger partial charge in [-0.05, 0) is 46.9 Å². The summed E-state index contributed by atoms with van der Waals surface area (Å²) in [6.07, 6.45) is 1.05. The zero-order valence-electron chi connectivity index (χ0n) is 8.61. The van der Waals surface area contributed by atoms with Crippen molar-refractivity contribution in [2.24, 2.45) is 5.84 Å². The summed E-state index contributed by atoms with van der Waals surface area (Å²) < 4.78 is 14.5. The number of benzene rings is 1. The molecule has 1 aromatic carbocycles. The van der Waals surface area contributed by atoms with Crippen molar-refractivity contribution in [3.8, 4) is 0 Å². The van der Waals surface area contributed by atoms with E-state index in [9.17, 15) is 4.39 Å². The number of nitrogens with zero attached hydrogens (tertiary/aromatic N) is 2. The van der Waals surface area contributed by atoms with Crippen molar-refractivity contribution in [2.75, 3.05) is 10.7 Å². The Morgan fingerprint density at radius 3 is 2.59 bits per heavy atom. The highest BCUT2D eigenvalue weighted by atomic mass is 127. The quantitative estimate of drug-likeness (QED) is 0.452. The summed E-state index contributed by atoms with van der Waals surface area (Å²) in [7, 11) is 0. The van der Waals surface area contributed by atoms with Gasteiger partial charge in [0.05, 0.1) is 6.20 Å². The highest BCUT2D eigenvalue weighted by molar-refractivity contribution is 14.1. The molecule has 0 radical (unpaired) electrons. The average Bonchev–Trinajstić information content (AvgIpc) is 2.35. The number of hydrogen-bond donors (Lipinski definition) is 3. The summed E-state index contributed by atoms with van der Waals surface area (Å²) in [5, 5.41) is 2.85. The van der Waals surface area contributed by atoms with E-state index >= 15 is 0 Å². The van der Waals surface area contributed by atoms with Crippen LogP contribution in [0, 0.1) is 9.39 Å². The van der Waals surface area contributed by atoms with Gasteiger partial charge in [-0.2, -0.15) is 4.98 Å². The topological polar surface area (TPSA) is 75.9 Å². The van der Waals surface area contributed by atoms with Crippen molar-refractivity contribution in [3.63, 3.8) is 0 Å². The molecule has 88 valence electrons. The minimum atomic E-state index is -0.539. The summed E-state index contributed by atoms with van der Waals surface area (Å²) in [6.45, 7) is 0. The third-order valence-corrected chi connectivity index (χ3v) is 2.70. The highest BCUT2D eigenvalue weighted by Crippen LogP contribution is 2.19. The van der Waals surface area contributed by atoms with E-state index in [2.05, 4.69) is 43.3 Å². The van der Waals surface area contributed by atoms with Crippen molar-refractivity contribution in [3.05, 3.63) is 39.8 Å². The largest absolute Gasteiger partial charge is 0.338 e. The van der Waals surface area contributed by atoms with Crippen molar-refractivity contribution in [1.82, 2.24) is 9.97 Å². The maximum Gasteiger partial charge on any atom is 0.239 e. The molecular weight excluding hydrogens is 336 g/mol. The van der Waals surface area contributed by atoms with Crippen LogP contribution >= 0.6 is 22.6 Å². The third kappa shape index (κ3) is 3.01. The van der Waals surface area contributed by atoms with Crippen molar-refractivity contribution in [1.29, 1.82) is 0 Å². The second-order valence-electron chi connectivity index (χ2n) is 3.17. The first kappa shape index (κ1) is 12.0. The highest BCUT2D eigenvalue weighted by Gasteiger charge is 2.06. The van der Waals surface area contributed by atoms with Gasteiger partial charge in [0.15, 0.2) is 11.6 Å². The predicted octanol–water partition coefficient (Wildman–Crippen LogP) is 2.25. The molecule has 0 amide bonds. The lowest BCUT2D eigenvalue weighted by Gasteiger charge is -2.07. The van der Waals surface area contributed by atoms with E-state index in [1.54, 1.807) is 0 Å². The molecule has 0 atom stereocenters. The Kier molecular flexibility index (Phi) is 3.69. The number of hydrazine groups is 1. The summed E-state index contributed by atoms with van der Waals surface area (Å²) in [6, 6.07) is 7.48. The molecular formula is C10H9FIN5. The molecule has 0 saturated heterocycles. The number of halogens is 2. The zero-order chi connectivity index (χ0) is 12.3. The van der Waals surface area contributed by atoms with Crippen LogP contribution in [0.4, 0.5) is 21.8 Å². The van der Waals surface area contributed by atoms with E-state index in [4.69, 9.17) is 5.84 Å². The van der Waals surface area contributed by atoms with Gasteiger partial charge in [0.1, 0.15) is 0 Å². The molecule has 0 spiro atoms. The first-order chi connectivity index (χ1) is 8.19. The van der Waals surface area contributed by atoms with E-state index in [-0.39, 0.29) is 11.8 Å². The Hall–Kier alpha value is -1.48. The smallest absolute Gasteiger partial charge is 0.239 e. The monoisotopic (exact) mass is 345 g/mol. The second kappa shape index (κ2) is 5.23. The maximum absolute atomic E-state index is 13.4. The van der Waals surface area contributed by atoms with Gasteiger partial charge in [0.25, 0.3) is 0 Å². The van der Waals surface area contributed by atoms with Crippen LogP contribution in [0.1, 0.15) is 0 Å². The summed E-state index contributed by atoms with van der Waals surface area (Å²) in [4.78, 5) is 7.52. The number of hydrogen-bond acceptors (Lipinski definition) is 5.